The Balaban J connectivity index is 2.10. The standard InChI is InChI=1S/C20H33NO2/c1-18(2,3)12-20(7,19(4,5)6)17(22)23-16-10-13-8-14(16)9-15(13)11-21/h13-16H,8-10,12H2,1-7H3. The average molecular weight is 319 g/mol. The van der Waals surface area contributed by atoms with E-state index in [1.807, 2.05) is 0 Å². The lowest BCUT2D eigenvalue weighted by atomic mass is 9.61. The Morgan fingerprint density at radius 1 is 1.04 bits per heavy atom. The van der Waals surface area contributed by atoms with Crippen LogP contribution in [-0.2, 0) is 9.53 Å². The summed E-state index contributed by atoms with van der Waals surface area (Å²) in [7, 11) is 0. The Hall–Kier alpha value is -1.04. The zero-order valence-corrected chi connectivity index (χ0v) is 15.9. The van der Waals surface area contributed by atoms with Crippen LogP contribution in [0.5, 0.6) is 0 Å². The van der Waals surface area contributed by atoms with E-state index in [1.54, 1.807) is 0 Å². The molecule has 23 heavy (non-hydrogen) atoms. The molecule has 0 radical (unpaired) electrons. The van der Waals surface area contributed by atoms with Crippen molar-refractivity contribution in [1.29, 1.82) is 5.26 Å². The quantitative estimate of drug-likeness (QED) is 0.691. The maximum atomic E-state index is 13.1. The highest BCUT2D eigenvalue weighted by Crippen LogP contribution is 2.52. The fourth-order valence-electron chi connectivity index (χ4n) is 4.50. The van der Waals surface area contributed by atoms with Gasteiger partial charge >= 0.3 is 5.97 Å². The number of carbonyl (C=O) groups excluding carboxylic acids is 1. The molecule has 2 bridgehead atoms. The largest absolute Gasteiger partial charge is 0.462 e. The van der Waals surface area contributed by atoms with E-state index in [0.29, 0.717) is 11.8 Å². The third-order valence-corrected chi connectivity index (χ3v) is 6.21. The molecule has 2 aliphatic rings. The average Bonchev–Trinajstić information content (AvgIpc) is 2.94. The van der Waals surface area contributed by atoms with Gasteiger partial charge in [-0.3, -0.25) is 4.79 Å². The Morgan fingerprint density at radius 3 is 2.04 bits per heavy atom. The molecule has 5 unspecified atom stereocenters. The lowest BCUT2D eigenvalue weighted by Crippen LogP contribution is -2.46. The number of hydrogen-bond acceptors (Lipinski definition) is 3. The van der Waals surface area contributed by atoms with Crippen LogP contribution in [0, 0.1) is 45.3 Å². The van der Waals surface area contributed by atoms with Crippen molar-refractivity contribution in [2.45, 2.75) is 80.3 Å². The third kappa shape index (κ3) is 3.57. The van der Waals surface area contributed by atoms with E-state index in [9.17, 15) is 4.79 Å². The normalized spacial score (nSPS) is 33.1. The molecular formula is C20H33NO2. The van der Waals surface area contributed by atoms with Gasteiger partial charge in [-0.05, 0) is 55.3 Å². The van der Waals surface area contributed by atoms with Crippen molar-refractivity contribution < 1.29 is 9.53 Å². The molecule has 0 N–H and O–H groups in total. The highest BCUT2D eigenvalue weighted by molar-refractivity contribution is 5.77. The molecule has 130 valence electrons. The first-order valence-electron chi connectivity index (χ1n) is 8.98. The Kier molecular flexibility index (Phi) is 4.61. The van der Waals surface area contributed by atoms with Gasteiger partial charge in [0.1, 0.15) is 6.10 Å². The van der Waals surface area contributed by atoms with Gasteiger partial charge in [0.05, 0.1) is 11.5 Å². The number of nitriles is 1. The number of carbonyl (C=O) groups is 1. The number of ether oxygens (including phenoxy) is 1. The molecule has 0 spiro atoms. The van der Waals surface area contributed by atoms with E-state index >= 15 is 0 Å². The summed E-state index contributed by atoms with van der Waals surface area (Å²) in [5.74, 6) is 0.961. The van der Waals surface area contributed by atoms with Gasteiger partial charge in [0.25, 0.3) is 0 Å². The van der Waals surface area contributed by atoms with Gasteiger partial charge < -0.3 is 4.74 Å². The van der Waals surface area contributed by atoms with Gasteiger partial charge in [-0.15, -0.1) is 0 Å². The van der Waals surface area contributed by atoms with Crippen LogP contribution in [0.25, 0.3) is 0 Å². The fraction of sp³-hybridized carbons (Fsp3) is 0.900. The van der Waals surface area contributed by atoms with Crippen LogP contribution < -0.4 is 0 Å². The highest BCUT2D eigenvalue weighted by atomic mass is 16.5. The predicted octanol–water partition coefficient (Wildman–Crippen LogP) is 4.96. The Morgan fingerprint density at radius 2 is 1.65 bits per heavy atom. The number of esters is 1. The molecule has 3 nitrogen and oxygen atoms in total. The minimum absolute atomic E-state index is 0.0266. The lowest BCUT2D eigenvalue weighted by molar-refractivity contribution is -0.173. The summed E-state index contributed by atoms with van der Waals surface area (Å²) in [5, 5.41) is 9.16. The molecule has 2 fully saturated rings. The number of rotatable bonds is 3. The predicted molar refractivity (Wildman–Crippen MR) is 91.4 cm³/mol. The molecule has 5 atom stereocenters. The molecule has 0 amide bonds. The van der Waals surface area contributed by atoms with Crippen molar-refractivity contribution in [3.63, 3.8) is 0 Å². The van der Waals surface area contributed by atoms with Crippen LogP contribution in [-0.4, -0.2) is 12.1 Å². The summed E-state index contributed by atoms with van der Waals surface area (Å²) in [5.41, 5.74) is -0.576. The van der Waals surface area contributed by atoms with Gasteiger partial charge in [0.2, 0.25) is 0 Å². The summed E-state index contributed by atoms with van der Waals surface area (Å²) in [6, 6.07) is 2.41. The molecule has 0 saturated heterocycles. The van der Waals surface area contributed by atoms with E-state index in [1.165, 1.54) is 0 Å². The van der Waals surface area contributed by atoms with Gasteiger partial charge in [-0.25, -0.2) is 0 Å². The SMILES string of the molecule is CC(C)(C)CC(C)(C(=O)OC1CC2CC1CC2C#N)C(C)(C)C. The molecule has 0 aromatic heterocycles. The molecule has 0 aliphatic heterocycles. The van der Waals surface area contributed by atoms with Crippen molar-refractivity contribution in [2.75, 3.05) is 0 Å². The van der Waals surface area contributed by atoms with E-state index < -0.39 is 5.41 Å². The third-order valence-electron chi connectivity index (χ3n) is 6.21. The zero-order chi connectivity index (χ0) is 17.6. The second-order valence-electron chi connectivity index (χ2n) is 10.2. The Labute approximate surface area is 141 Å². The summed E-state index contributed by atoms with van der Waals surface area (Å²) < 4.78 is 6.03. The lowest BCUT2D eigenvalue weighted by Gasteiger charge is -2.44. The summed E-state index contributed by atoms with van der Waals surface area (Å²) in [6.07, 6.45) is 3.68. The van der Waals surface area contributed by atoms with Crippen molar-refractivity contribution >= 4 is 5.97 Å². The van der Waals surface area contributed by atoms with Crippen LogP contribution in [0.1, 0.15) is 74.1 Å². The number of nitrogens with zero attached hydrogens (tertiary/aromatic N) is 1. The maximum Gasteiger partial charge on any atom is 0.312 e. The first-order chi connectivity index (χ1) is 10.4. The van der Waals surface area contributed by atoms with Crippen LogP contribution in [0.15, 0.2) is 0 Å². The second-order valence-corrected chi connectivity index (χ2v) is 10.2. The Bertz CT molecular complexity index is 505. The summed E-state index contributed by atoms with van der Waals surface area (Å²) >= 11 is 0. The minimum atomic E-state index is -0.498. The maximum absolute atomic E-state index is 13.1. The molecule has 0 heterocycles. The van der Waals surface area contributed by atoms with E-state index in [-0.39, 0.29) is 28.8 Å². The molecule has 0 aromatic carbocycles. The smallest absolute Gasteiger partial charge is 0.312 e. The molecule has 3 heteroatoms. The van der Waals surface area contributed by atoms with Crippen LogP contribution in [0.2, 0.25) is 0 Å². The zero-order valence-electron chi connectivity index (χ0n) is 15.9. The van der Waals surface area contributed by atoms with Crippen LogP contribution in [0.3, 0.4) is 0 Å². The highest BCUT2D eigenvalue weighted by Gasteiger charge is 2.52. The summed E-state index contributed by atoms with van der Waals surface area (Å²) in [6.45, 7) is 15.0. The number of fused-ring (bicyclic) bond motifs is 2. The van der Waals surface area contributed by atoms with Crippen molar-refractivity contribution in [2.24, 2.45) is 34.0 Å². The molecular weight excluding hydrogens is 286 g/mol. The van der Waals surface area contributed by atoms with Gasteiger partial charge in [0.15, 0.2) is 0 Å². The molecule has 2 rings (SSSR count). The van der Waals surface area contributed by atoms with Gasteiger partial charge in [-0.2, -0.15) is 5.26 Å². The summed E-state index contributed by atoms with van der Waals surface area (Å²) in [4.78, 5) is 13.1. The second kappa shape index (κ2) is 5.80. The molecule has 2 saturated carbocycles. The minimum Gasteiger partial charge on any atom is -0.462 e. The van der Waals surface area contributed by atoms with Crippen LogP contribution in [0.4, 0.5) is 0 Å². The van der Waals surface area contributed by atoms with Crippen molar-refractivity contribution in [3.05, 3.63) is 0 Å². The monoisotopic (exact) mass is 319 g/mol. The first kappa shape index (κ1) is 18.3. The first-order valence-corrected chi connectivity index (χ1v) is 8.98. The fourth-order valence-corrected chi connectivity index (χ4v) is 4.50. The number of hydrogen-bond donors (Lipinski definition) is 0. The van der Waals surface area contributed by atoms with Gasteiger partial charge in [0, 0.05) is 5.92 Å². The van der Waals surface area contributed by atoms with E-state index in [0.717, 1.165) is 25.7 Å². The molecule has 0 aromatic rings. The van der Waals surface area contributed by atoms with Crippen molar-refractivity contribution in [1.82, 2.24) is 0 Å². The van der Waals surface area contributed by atoms with Crippen molar-refractivity contribution in [3.8, 4) is 6.07 Å². The van der Waals surface area contributed by atoms with E-state index in [4.69, 9.17) is 10.00 Å². The molecule has 2 aliphatic carbocycles. The van der Waals surface area contributed by atoms with Gasteiger partial charge in [-0.1, -0.05) is 41.5 Å². The van der Waals surface area contributed by atoms with E-state index in [2.05, 4.69) is 54.5 Å². The topological polar surface area (TPSA) is 50.1 Å². The van der Waals surface area contributed by atoms with Crippen LogP contribution >= 0.6 is 0 Å².